The summed E-state index contributed by atoms with van der Waals surface area (Å²) in [6.07, 6.45) is 0. The molecule has 0 unspecified atom stereocenters. The molecule has 2 rings (SSSR count). The van der Waals surface area contributed by atoms with E-state index in [1.165, 1.54) is 6.07 Å². The molecular weight excluding hydrogens is 192 g/mol. The van der Waals surface area contributed by atoms with Crippen LogP contribution in [-0.2, 0) is 6.54 Å². The van der Waals surface area contributed by atoms with Crippen LogP contribution in [0.4, 0.5) is 0 Å². The minimum Gasteiger partial charge on any atom is -0.508 e. The van der Waals surface area contributed by atoms with E-state index in [1.807, 2.05) is 0 Å². The summed E-state index contributed by atoms with van der Waals surface area (Å²) in [7, 11) is 0. The number of rotatable bonds is 2. The Balaban J connectivity index is 2.03. The first-order chi connectivity index (χ1) is 7.25. The molecule has 1 aliphatic rings. The normalized spacial score (nSPS) is 17.9. The fourth-order valence-electron chi connectivity index (χ4n) is 1.80. The Morgan fingerprint density at radius 3 is 2.60 bits per heavy atom. The highest BCUT2D eigenvalue weighted by Gasteiger charge is 2.11. The molecule has 0 spiro atoms. The molecule has 0 saturated carbocycles. The van der Waals surface area contributed by atoms with Crippen molar-refractivity contribution < 1.29 is 10.2 Å². The second-order valence-electron chi connectivity index (χ2n) is 3.84. The average molecular weight is 208 g/mol. The lowest BCUT2D eigenvalue weighted by Gasteiger charge is -2.27. The largest absolute Gasteiger partial charge is 0.508 e. The minimum absolute atomic E-state index is 0.108. The number of nitrogens with one attached hydrogen (secondary N) is 1. The van der Waals surface area contributed by atoms with E-state index in [-0.39, 0.29) is 11.5 Å². The third-order valence-corrected chi connectivity index (χ3v) is 2.67. The van der Waals surface area contributed by atoms with Crippen LogP contribution in [0.5, 0.6) is 11.5 Å². The molecular formula is C11H16N2O2. The lowest BCUT2D eigenvalue weighted by atomic mass is 10.1. The van der Waals surface area contributed by atoms with Crippen LogP contribution in [0.1, 0.15) is 5.56 Å². The third-order valence-electron chi connectivity index (χ3n) is 2.67. The summed E-state index contributed by atoms with van der Waals surface area (Å²) in [6, 6.07) is 4.77. The van der Waals surface area contributed by atoms with E-state index in [1.54, 1.807) is 12.1 Å². The topological polar surface area (TPSA) is 55.7 Å². The Kier molecular flexibility index (Phi) is 3.08. The van der Waals surface area contributed by atoms with Gasteiger partial charge in [-0.2, -0.15) is 0 Å². The highest BCUT2D eigenvalue weighted by Crippen LogP contribution is 2.23. The second-order valence-corrected chi connectivity index (χ2v) is 3.84. The zero-order chi connectivity index (χ0) is 10.7. The van der Waals surface area contributed by atoms with Crippen LogP contribution in [0.25, 0.3) is 0 Å². The van der Waals surface area contributed by atoms with Crippen molar-refractivity contribution in [1.82, 2.24) is 10.2 Å². The van der Waals surface area contributed by atoms with Gasteiger partial charge in [-0.1, -0.05) is 6.07 Å². The van der Waals surface area contributed by atoms with Crippen molar-refractivity contribution in [1.29, 1.82) is 0 Å². The Morgan fingerprint density at radius 2 is 1.93 bits per heavy atom. The van der Waals surface area contributed by atoms with Gasteiger partial charge in [0.2, 0.25) is 0 Å². The maximum absolute atomic E-state index is 9.62. The van der Waals surface area contributed by atoms with E-state index in [9.17, 15) is 5.11 Å². The van der Waals surface area contributed by atoms with E-state index in [0.29, 0.717) is 0 Å². The van der Waals surface area contributed by atoms with Gasteiger partial charge in [0.25, 0.3) is 0 Å². The average Bonchev–Trinajstić information content (AvgIpc) is 2.24. The van der Waals surface area contributed by atoms with Crippen molar-refractivity contribution in [3.8, 4) is 11.5 Å². The molecule has 0 atom stereocenters. The fraction of sp³-hybridized carbons (Fsp3) is 0.455. The Labute approximate surface area is 89.1 Å². The molecule has 1 heterocycles. The summed E-state index contributed by atoms with van der Waals surface area (Å²) in [5.74, 6) is 0.282. The number of nitrogens with zero attached hydrogens (tertiary/aromatic N) is 1. The second kappa shape index (κ2) is 4.51. The van der Waals surface area contributed by atoms with Crippen LogP contribution in [-0.4, -0.2) is 41.3 Å². The molecule has 0 bridgehead atoms. The van der Waals surface area contributed by atoms with Gasteiger partial charge in [0.15, 0.2) is 0 Å². The highest BCUT2D eigenvalue weighted by atomic mass is 16.3. The van der Waals surface area contributed by atoms with Gasteiger partial charge in [-0.3, -0.25) is 4.90 Å². The summed E-state index contributed by atoms with van der Waals surface area (Å²) in [5, 5.41) is 22.1. The monoisotopic (exact) mass is 208 g/mol. The minimum atomic E-state index is 0.108. The number of hydrogen-bond donors (Lipinski definition) is 3. The molecule has 0 aromatic heterocycles. The lowest BCUT2D eigenvalue weighted by molar-refractivity contribution is 0.230. The summed E-state index contributed by atoms with van der Waals surface area (Å²) < 4.78 is 0. The number of phenols is 2. The SMILES string of the molecule is Oc1ccc(CN2CCNCC2)c(O)c1. The number of phenolic OH excluding ortho intramolecular Hbond substituents is 2. The quantitative estimate of drug-likeness (QED) is 0.662. The van der Waals surface area contributed by atoms with Crippen molar-refractivity contribution in [3.05, 3.63) is 23.8 Å². The van der Waals surface area contributed by atoms with Gasteiger partial charge < -0.3 is 15.5 Å². The highest BCUT2D eigenvalue weighted by molar-refractivity contribution is 5.38. The van der Waals surface area contributed by atoms with Crippen LogP contribution >= 0.6 is 0 Å². The molecule has 82 valence electrons. The molecule has 4 nitrogen and oxygen atoms in total. The molecule has 15 heavy (non-hydrogen) atoms. The van der Waals surface area contributed by atoms with Crippen molar-refractivity contribution in [3.63, 3.8) is 0 Å². The standard InChI is InChI=1S/C11H16N2O2/c14-10-2-1-9(11(15)7-10)8-13-5-3-12-4-6-13/h1-2,7,12,14-15H,3-6,8H2. The Bertz CT molecular complexity index is 335. The summed E-state index contributed by atoms with van der Waals surface area (Å²) in [5.41, 5.74) is 0.870. The van der Waals surface area contributed by atoms with Crippen LogP contribution in [0, 0.1) is 0 Å². The van der Waals surface area contributed by atoms with E-state index in [2.05, 4.69) is 10.2 Å². The van der Waals surface area contributed by atoms with E-state index in [4.69, 9.17) is 5.11 Å². The Morgan fingerprint density at radius 1 is 1.20 bits per heavy atom. The van der Waals surface area contributed by atoms with Gasteiger partial charge in [0.1, 0.15) is 11.5 Å². The van der Waals surface area contributed by atoms with Gasteiger partial charge in [-0.15, -0.1) is 0 Å². The molecule has 1 saturated heterocycles. The molecule has 0 aliphatic carbocycles. The van der Waals surface area contributed by atoms with E-state index < -0.39 is 0 Å². The first kappa shape index (κ1) is 10.3. The molecule has 0 amide bonds. The predicted octanol–water partition coefficient (Wildman–Crippen LogP) is 0.503. The first-order valence-electron chi connectivity index (χ1n) is 5.19. The van der Waals surface area contributed by atoms with Crippen molar-refractivity contribution in [2.24, 2.45) is 0 Å². The summed E-state index contributed by atoms with van der Waals surface area (Å²) in [4.78, 5) is 2.28. The van der Waals surface area contributed by atoms with Gasteiger partial charge in [0, 0.05) is 44.4 Å². The molecule has 0 radical (unpaired) electrons. The van der Waals surface area contributed by atoms with Gasteiger partial charge in [0.05, 0.1) is 0 Å². The van der Waals surface area contributed by atoms with Crippen LogP contribution in [0.2, 0.25) is 0 Å². The molecule has 1 fully saturated rings. The van der Waals surface area contributed by atoms with Crippen molar-refractivity contribution in [2.45, 2.75) is 6.54 Å². The maximum atomic E-state index is 9.62. The predicted molar refractivity (Wildman–Crippen MR) is 57.9 cm³/mol. The van der Waals surface area contributed by atoms with Crippen molar-refractivity contribution in [2.75, 3.05) is 26.2 Å². The zero-order valence-corrected chi connectivity index (χ0v) is 8.61. The van der Waals surface area contributed by atoms with Crippen LogP contribution < -0.4 is 5.32 Å². The number of benzene rings is 1. The van der Waals surface area contributed by atoms with Gasteiger partial charge >= 0.3 is 0 Å². The molecule has 3 N–H and O–H groups in total. The molecule has 1 aromatic carbocycles. The zero-order valence-electron chi connectivity index (χ0n) is 8.61. The van der Waals surface area contributed by atoms with Crippen molar-refractivity contribution >= 4 is 0 Å². The molecule has 4 heteroatoms. The third kappa shape index (κ3) is 2.61. The van der Waals surface area contributed by atoms with Gasteiger partial charge in [-0.05, 0) is 6.07 Å². The molecule has 1 aliphatic heterocycles. The van der Waals surface area contributed by atoms with E-state index in [0.717, 1.165) is 38.3 Å². The number of piperazine rings is 1. The van der Waals surface area contributed by atoms with E-state index >= 15 is 0 Å². The van der Waals surface area contributed by atoms with Crippen LogP contribution in [0.3, 0.4) is 0 Å². The molecule has 1 aromatic rings. The lowest BCUT2D eigenvalue weighted by Crippen LogP contribution is -2.42. The fourth-order valence-corrected chi connectivity index (χ4v) is 1.80. The van der Waals surface area contributed by atoms with Crippen LogP contribution in [0.15, 0.2) is 18.2 Å². The number of hydrogen-bond acceptors (Lipinski definition) is 4. The first-order valence-corrected chi connectivity index (χ1v) is 5.19. The number of aromatic hydroxyl groups is 2. The maximum Gasteiger partial charge on any atom is 0.123 e. The van der Waals surface area contributed by atoms with Gasteiger partial charge in [-0.25, -0.2) is 0 Å². The summed E-state index contributed by atoms with van der Waals surface area (Å²) in [6.45, 7) is 4.74. The smallest absolute Gasteiger partial charge is 0.123 e. The summed E-state index contributed by atoms with van der Waals surface area (Å²) >= 11 is 0. The Hall–Kier alpha value is -1.26.